The van der Waals surface area contributed by atoms with Crippen molar-refractivity contribution in [2.24, 2.45) is 5.10 Å². The minimum Gasteiger partial charge on any atom is -0.592 e. The van der Waals surface area contributed by atoms with Crippen molar-refractivity contribution in [2.75, 3.05) is 39.4 Å². The fourth-order valence-corrected chi connectivity index (χ4v) is 2.43. The summed E-state index contributed by atoms with van der Waals surface area (Å²) in [5.74, 6) is 0.0764. The van der Waals surface area contributed by atoms with Gasteiger partial charge in [-0.1, -0.05) is 0 Å². The van der Waals surface area contributed by atoms with Gasteiger partial charge >= 0.3 is 12.0 Å². The van der Waals surface area contributed by atoms with Crippen LogP contribution in [0.15, 0.2) is 21.7 Å². The molecule has 2 fully saturated rings. The third-order valence-corrected chi connectivity index (χ3v) is 3.58. The van der Waals surface area contributed by atoms with Gasteiger partial charge < -0.3 is 19.1 Å². The van der Waals surface area contributed by atoms with Gasteiger partial charge in [-0.25, -0.2) is 10.0 Å². The maximum atomic E-state index is 11.8. The molecular formula is C13H18N4O6. The van der Waals surface area contributed by atoms with Gasteiger partial charge in [0.25, 0.3) is 0 Å². The first kappa shape index (κ1) is 15.9. The van der Waals surface area contributed by atoms with E-state index in [2.05, 4.69) is 10.0 Å². The van der Waals surface area contributed by atoms with Gasteiger partial charge in [-0.05, 0) is 6.07 Å². The highest BCUT2D eigenvalue weighted by atomic mass is 16.8. The number of hydrogen-bond acceptors (Lipinski definition) is 8. The van der Waals surface area contributed by atoms with Crippen LogP contribution in [0, 0.1) is 5.21 Å². The van der Waals surface area contributed by atoms with E-state index in [9.17, 15) is 10.0 Å². The molecule has 0 bridgehead atoms. The highest BCUT2D eigenvalue weighted by Crippen LogP contribution is 2.14. The number of amides is 1. The number of nitrogens with zero attached hydrogens (tertiary/aromatic N) is 3. The number of morpholine rings is 1. The van der Waals surface area contributed by atoms with Crippen molar-refractivity contribution in [1.29, 1.82) is 0 Å². The van der Waals surface area contributed by atoms with E-state index >= 15 is 0 Å². The minimum absolute atomic E-state index is 0.180. The molecule has 1 unspecified atom stereocenters. The van der Waals surface area contributed by atoms with E-state index in [1.54, 1.807) is 0 Å². The molecule has 23 heavy (non-hydrogen) atoms. The van der Waals surface area contributed by atoms with Gasteiger partial charge in [0.05, 0.1) is 26.0 Å². The summed E-state index contributed by atoms with van der Waals surface area (Å²) < 4.78 is 15.6. The van der Waals surface area contributed by atoms with Gasteiger partial charge in [-0.2, -0.15) is 15.3 Å². The number of hydrogen-bond donors (Lipinski definition) is 2. The Labute approximate surface area is 132 Å². The average molecular weight is 326 g/mol. The molecule has 1 aromatic heterocycles. The van der Waals surface area contributed by atoms with Crippen LogP contribution in [0.5, 0.6) is 0 Å². The largest absolute Gasteiger partial charge is 0.592 e. The highest BCUT2D eigenvalue weighted by Gasteiger charge is 2.32. The Morgan fingerprint density at radius 1 is 1.43 bits per heavy atom. The SMILES string of the molecule is O=C1O[C@H](CN2CCOCC2)CN1N=Cc1ccc([NH+]([O-])O)o1. The zero-order chi connectivity index (χ0) is 16.2. The highest BCUT2D eigenvalue weighted by molar-refractivity contribution is 5.78. The number of carbonyl (C=O) groups is 1. The summed E-state index contributed by atoms with van der Waals surface area (Å²) in [7, 11) is 0. The van der Waals surface area contributed by atoms with Gasteiger partial charge in [0.15, 0.2) is 5.76 Å². The topological polar surface area (TPSA) is 115 Å². The molecule has 0 aliphatic carbocycles. The summed E-state index contributed by atoms with van der Waals surface area (Å²) in [4.78, 5) is 14.0. The lowest BCUT2D eigenvalue weighted by Crippen LogP contribution is -2.99. The smallest absolute Gasteiger partial charge is 0.430 e. The lowest BCUT2D eigenvalue weighted by atomic mass is 10.3. The summed E-state index contributed by atoms with van der Waals surface area (Å²) >= 11 is 0. The summed E-state index contributed by atoms with van der Waals surface area (Å²) in [6.45, 7) is 4.01. The van der Waals surface area contributed by atoms with Crippen LogP contribution in [0.4, 0.5) is 10.7 Å². The molecule has 2 N–H and O–H groups in total. The molecule has 2 atom stereocenters. The van der Waals surface area contributed by atoms with Crippen LogP contribution in [0.3, 0.4) is 0 Å². The zero-order valence-electron chi connectivity index (χ0n) is 12.4. The van der Waals surface area contributed by atoms with Gasteiger partial charge in [0, 0.05) is 25.7 Å². The summed E-state index contributed by atoms with van der Waals surface area (Å²) in [5.41, 5.74) is 0. The van der Waals surface area contributed by atoms with Gasteiger partial charge in [0.1, 0.15) is 6.10 Å². The molecule has 3 rings (SSSR count). The molecule has 10 nitrogen and oxygen atoms in total. The predicted molar refractivity (Wildman–Crippen MR) is 76.3 cm³/mol. The first-order valence-electron chi connectivity index (χ1n) is 7.27. The molecule has 2 saturated heterocycles. The number of rotatable bonds is 5. The lowest BCUT2D eigenvalue weighted by Gasteiger charge is -2.27. The van der Waals surface area contributed by atoms with Crippen LogP contribution in [0.1, 0.15) is 5.76 Å². The van der Waals surface area contributed by atoms with E-state index in [-0.39, 0.29) is 17.7 Å². The monoisotopic (exact) mass is 326 g/mol. The number of ether oxygens (including phenoxy) is 2. The van der Waals surface area contributed by atoms with Crippen LogP contribution in [0.2, 0.25) is 0 Å². The molecule has 3 heterocycles. The minimum atomic E-state index is -1.16. The number of quaternary nitrogens is 1. The summed E-state index contributed by atoms with van der Waals surface area (Å²) in [6.07, 6.45) is 0.526. The third kappa shape index (κ3) is 4.06. The molecule has 1 amide bonds. The van der Waals surface area contributed by atoms with Gasteiger partial charge in [-0.3, -0.25) is 4.90 Å². The molecule has 2 aliphatic heterocycles. The first-order chi connectivity index (χ1) is 11.1. The Kier molecular flexibility index (Phi) is 4.88. The Balaban J connectivity index is 1.53. The molecule has 1 aromatic rings. The van der Waals surface area contributed by atoms with Crippen molar-refractivity contribution in [2.45, 2.75) is 6.10 Å². The quantitative estimate of drug-likeness (QED) is 0.536. The van der Waals surface area contributed by atoms with E-state index in [0.29, 0.717) is 26.3 Å². The third-order valence-electron chi connectivity index (χ3n) is 3.58. The Bertz CT molecular complexity index is 569. The van der Waals surface area contributed by atoms with E-state index in [0.717, 1.165) is 13.1 Å². The molecular weight excluding hydrogens is 308 g/mol. The number of cyclic esters (lactones) is 1. The lowest BCUT2D eigenvalue weighted by molar-refractivity contribution is -0.997. The fraction of sp³-hybridized carbons (Fsp3) is 0.538. The van der Waals surface area contributed by atoms with Crippen LogP contribution in [0.25, 0.3) is 0 Å². The van der Waals surface area contributed by atoms with E-state index in [4.69, 9.17) is 19.1 Å². The second-order valence-electron chi connectivity index (χ2n) is 5.25. The van der Waals surface area contributed by atoms with Crippen LogP contribution in [-0.2, 0) is 9.47 Å². The second-order valence-corrected chi connectivity index (χ2v) is 5.25. The summed E-state index contributed by atoms with van der Waals surface area (Å²) in [6, 6.07) is 2.80. The van der Waals surface area contributed by atoms with E-state index in [1.807, 2.05) is 0 Å². The first-order valence-corrected chi connectivity index (χ1v) is 7.27. The number of carbonyl (C=O) groups excluding carboxylic acids is 1. The maximum absolute atomic E-state index is 11.8. The summed E-state index contributed by atoms with van der Waals surface area (Å²) in [5, 5.41) is 23.5. The maximum Gasteiger partial charge on any atom is 0.430 e. The Morgan fingerprint density at radius 2 is 2.22 bits per heavy atom. The van der Waals surface area contributed by atoms with E-state index < -0.39 is 11.3 Å². The average Bonchev–Trinajstić information content (AvgIpc) is 3.13. The molecule has 126 valence electrons. The van der Waals surface area contributed by atoms with Crippen LogP contribution >= 0.6 is 0 Å². The Morgan fingerprint density at radius 3 is 2.91 bits per heavy atom. The molecule has 10 heteroatoms. The molecule has 0 saturated carbocycles. The zero-order valence-corrected chi connectivity index (χ0v) is 12.4. The predicted octanol–water partition coefficient (Wildman–Crippen LogP) is -0.830. The Hall–Kier alpha value is -1.98. The second kappa shape index (κ2) is 7.06. The molecule has 0 aromatic carbocycles. The molecule has 0 spiro atoms. The van der Waals surface area contributed by atoms with Crippen molar-refractivity contribution in [3.63, 3.8) is 0 Å². The van der Waals surface area contributed by atoms with Crippen molar-refractivity contribution in [3.05, 3.63) is 23.1 Å². The fourth-order valence-electron chi connectivity index (χ4n) is 2.43. The van der Waals surface area contributed by atoms with Crippen molar-refractivity contribution >= 4 is 18.2 Å². The number of nitrogens with one attached hydrogen (secondary N) is 1. The molecule has 0 radical (unpaired) electrons. The standard InChI is InChI=1S/C13H18N4O6/c18-13-16(14-7-10-1-2-12(22-10)17(19)20)9-11(23-13)8-15-3-5-21-6-4-15/h1-2,7,11,17,19H,3-6,8-9H2/t11-/m1/s1. The van der Waals surface area contributed by atoms with E-state index in [1.165, 1.54) is 23.4 Å². The van der Waals surface area contributed by atoms with Crippen molar-refractivity contribution in [3.8, 4) is 0 Å². The normalized spacial score (nSPS) is 24.3. The van der Waals surface area contributed by atoms with Crippen LogP contribution in [-0.4, -0.2) is 72.9 Å². The van der Waals surface area contributed by atoms with Crippen molar-refractivity contribution in [1.82, 2.24) is 9.91 Å². The number of hydrazone groups is 1. The van der Waals surface area contributed by atoms with Gasteiger partial charge in [-0.15, -0.1) is 0 Å². The van der Waals surface area contributed by atoms with Crippen LogP contribution < -0.4 is 5.23 Å². The van der Waals surface area contributed by atoms with Crippen molar-refractivity contribution < 1.29 is 29.1 Å². The number of furan rings is 1. The van der Waals surface area contributed by atoms with Gasteiger partial charge in [0.2, 0.25) is 0 Å². The molecule has 2 aliphatic rings.